The molecule has 0 heterocycles. The molecule has 0 nitrogen and oxygen atoms in total. The summed E-state index contributed by atoms with van der Waals surface area (Å²) in [5.74, 6) is 0. The fraction of sp³-hybridized carbons (Fsp3) is 0.0909. The van der Waals surface area contributed by atoms with E-state index in [4.69, 9.17) is 0 Å². The summed E-state index contributed by atoms with van der Waals surface area (Å²) in [6.45, 7) is 6.39. The van der Waals surface area contributed by atoms with Crippen molar-refractivity contribution in [3.8, 4) is 0 Å². The molecule has 0 aliphatic heterocycles. The van der Waals surface area contributed by atoms with Crippen LogP contribution in [-0.4, -0.2) is 6.16 Å². The number of halogens is 1. The number of allylic oxidation sites excluding steroid dienone is 1. The van der Waals surface area contributed by atoms with Gasteiger partial charge in [-0.15, -0.1) is 0 Å². The van der Waals surface area contributed by atoms with Crippen LogP contribution in [0.2, 0.25) is 0 Å². The van der Waals surface area contributed by atoms with Gasteiger partial charge in [-0.1, -0.05) is 61.2 Å². The Labute approximate surface area is 156 Å². The molecule has 3 aromatic carbocycles. The molecule has 0 bridgehead atoms. The molecule has 2 heteroatoms. The van der Waals surface area contributed by atoms with E-state index in [9.17, 15) is 0 Å². The first kappa shape index (κ1) is 18.6. The zero-order valence-electron chi connectivity index (χ0n) is 13.9. The molecule has 0 N–H and O–H groups in total. The van der Waals surface area contributed by atoms with Crippen molar-refractivity contribution in [3.05, 3.63) is 103 Å². The van der Waals surface area contributed by atoms with E-state index in [2.05, 4.69) is 104 Å². The van der Waals surface area contributed by atoms with E-state index in [1.54, 1.807) is 0 Å². The summed E-state index contributed by atoms with van der Waals surface area (Å²) < 4.78 is 0. The molecule has 3 rings (SSSR count). The van der Waals surface area contributed by atoms with Crippen LogP contribution in [0.1, 0.15) is 6.92 Å². The van der Waals surface area contributed by atoms with Crippen LogP contribution < -0.4 is 32.9 Å². The second-order valence-electron chi connectivity index (χ2n) is 5.93. The number of hydrogen-bond donors (Lipinski definition) is 0. The van der Waals surface area contributed by atoms with Gasteiger partial charge >= 0.3 is 0 Å². The average Bonchev–Trinajstić information content (AvgIpc) is 2.62. The summed E-state index contributed by atoms with van der Waals surface area (Å²) in [5.41, 5.74) is 1.23. The predicted molar refractivity (Wildman–Crippen MR) is 105 cm³/mol. The molecule has 0 unspecified atom stereocenters. The van der Waals surface area contributed by atoms with Gasteiger partial charge in [0.15, 0.2) is 0 Å². The Hall–Kier alpha value is -1.69. The van der Waals surface area contributed by atoms with Crippen LogP contribution in [0.4, 0.5) is 0 Å². The van der Waals surface area contributed by atoms with Crippen molar-refractivity contribution in [2.24, 2.45) is 0 Å². The molecule has 24 heavy (non-hydrogen) atoms. The molecule has 0 aromatic heterocycles. The van der Waals surface area contributed by atoms with Gasteiger partial charge in [-0.25, -0.2) is 0 Å². The topological polar surface area (TPSA) is 0 Å². The number of benzene rings is 3. The van der Waals surface area contributed by atoms with Gasteiger partial charge in [0.25, 0.3) is 0 Å². The fourth-order valence-corrected chi connectivity index (χ4v) is 7.47. The summed E-state index contributed by atoms with van der Waals surface area (Å²) in [6, 6.07) is 32.8. The molecule has 3 aromatic rings. The number of hydrogen-bond acceptors (Lipinski definition) is 0. The van der Waals surface area contributed by atoms with E-state index in [0.717, 1.165) is 6.16 Å². The lowest BCUT2D eigenvalue weighted by atomic mass is 10.3. The van der Waals surface area contributed by atoms with Crippen molar-refractivity contribution in [1.82, 2.24) is 0 Å². The van der Waals surface area contributed by atoms with Crippen LogP contribution >= 0.6 is 7.26 Å². The fourth-order valence-electron chi connectivity index (χ4n) is 3.17. The maximum absolute atomic E-state index is 4.24. The second-order valence-corrected chi connectivity index (χ2v) is 9.42. The largest absolute Gasteiger partial charge is 1.00 e. The Kier molecular flexibility index (Phi) is 6.54. The molecule has 0 spiro atoms. The van der Waals surface area contributed by atoms with Gasteiger partial charge in [0.2, 0.25) is 0 Å². The Bertz CT molecular complexity index is 670. The van der Waals surface area contributed by atoms with Crippen molar-refractivity contribution in [2.75, 3.05) is 6.16 Å². The molecule has 0 saturated heterocycles. The molecule has 0 aliphatic rings. The van der Waals surface area contributed by atoms with Crippen molar-refractivity contribution in [1.29, 1.82) is 0 Å². The van der Waals surface area contributed by atoms with Gasteiger partial charge in [-0.2, -0.15) is 0 Å². The van der Waals surface area contributed by atoms with E-state index < -0.39 is 7.26 Å². The van der Waals surface area contributed by atoms with Gasteiger partial charge in [0.1, 0.15) is 23.2 Å². The third-order valence-corrected chi connectivity index (χ3v) is 8.65. The quantitative estimate of drug-likeness (QED) is 0.453. The van der Waals surface area contributed by atoms with Gasteiger partial charge in [0.05, 0.1) is 6.16 Å². The van der Waals surface area contributed by atoms with Crippen LogP contribution in [0.5, 0.6) is 0 Å². The van der Waals surface area contributed by atoms with Crippen molar-refractivity contribution < 1.29 is 17.0 Å². The minimum atomic E-state index is -1.71. The molecule has 0 fully saturated rings. The highest BCUT2D eigenvalue weighted by Crippen LogP contribution is 2.56. The molecule has 0 radical (unpaired) electrons. The standard InChI is InChI=1S/C22H22P.BrH/c1-19(2)18-23(20-12-6-3-7-13-20,21-14-8-4-9-15-21)22-16-10-5-11-17-22;/h3-17H,1,18H2,2H3;1H/q+1;/p-1. The lowest BCUT2D eigenvalue weighted by molar-refractivity contribution is -0.00000458. The van der Waals surface area contributed by atoms with Crippen LogP contribution in [0.15, 0.2) is 103 Å². The Morgan fingerprint density at radius 3 is 1.21 bits per heavy atom. The zero-order valence-corrected chi connectivity index (χ0v) is 16.4. The zero-order chi connectivity index (χ0) is 16.1. The lowest BCUT2D eigenvalue weighted by Gasteiger charge is -2.27. The third kappa shape index (κ3) is 3.69. The van der Waals surface area contributed by atoms with Crippen molar-refractivity contribution >= 4 is 23.2 Å². The average molecular weight is 397 g/mol. The Balaban J connectivity index is 0.00000208. The van der Waals surface area contributed by atoms with Gasteiger partial charge < -0.3 is 17.0 Å². The van der Waals surface area contributed by atoms with Gasteiger partial charge in [-0.3, -0.25) is 0 Å². The van der Waals surface area contributed by atoms with Crippen molar-refractivity contribution in [2.45, 2.75) is 6.92 Å². The molecular formula is C22H22BrP. The van der Waals surface area contributed by atoms with E-state index >= 15 is 0 Å². The Morgan fingerprint density at radius 1 is 0.667 bits per heavy atom. The molecule has 122 valence electrons. The maximum Gasteiger partial charge on any atom is 0.116 e. The summed E-state index contributed by atoms with van der Waals surface area (Å²) >= 11 is 0. The first-order chi connectivity index (χ1) is 11.2. The SMILES string of the molecule is C=C(C)C[P+](c1ccccc1)(c1ccccc1)c1ccccc1.[Br-]. The van der Waals surface area contributed by atoms with E-state index in [1.807, 2.05) is 0 Å². The first-order valence-electron chi connectivity index (χ1n) is 7.93. The highest BCUT2D eigenvalue weighted by atomic mass is 79.9. The maximum atomic E-state index is 4.24. The van der Waals surface area contributed by atoms with Crippen LogP contribution in [-0.2, 0) is 0 Å². The van der Waals surface area contributed by atoms with Crippen LogP contribution in [0.3, 0.4) is 0 Å². The number of rotatable bonds is 5. The van der Waals surface area contributed by atoms with Crippen LogP contribution in [0, 0.1) is 0 Å². The predicted octanol–water partition coefficient (Wildman–Crippen LogP) is 1.56. The van der Waals surface area contributed by atoms with E-state index in [0.29, 0.717) is 0 Å². The molecule has 0 atom stereocenters. The van der Waals surface area contributed by atoms with Gasteiger partial charge in [0, 0.05) is 0 Å². The summed E-state index contributed by atoms with van der Waals surface area (Å²) in [7, 11) is -1.71. The van der Waals surface area contributed by atoms with Crippen molar-refractivity contribution in [3.63, 3.8) is 0 Å². The first-order valence-corrected chi connectivity index (χ1v) is 9.90. The Morgan fingerprint density at radius 2 is 0.958 bits per heavy atom. The second kappa shape index (κ2) is 8.42. The minimum Gasteiger partial charge on any atom is -1.00 e. The summed E-state index contributed by atoms with van der Waals surface area (Å²) in [6.07, 6.45) is 1.00. The molecule has 0 aliphatic carbocycles. The smallest absolute Gasteiger partial charge is 0.116 e. The lowest BCUT2D eigenvalue weighted by Crippen LogP contribution is -3.00. The minimum absolute atomic E-state index is 0. The normalized spacial score (nSPS) is 10.7. The third-order valence-electron chi connectivity index (χ3n) is 4.10. The molecule has 0 amide bonds. The molecule has 0 saturated carbocycles. The summed E-state index contributed by atoms with van der Waals surface area (Å²) in [5, 5.41) is 4.25. The van der Waals surface area contributed by atoms with Gasteiger partial charge in [-0.05, 0) is 48.9 Å². The monoisotopic (exact) mass is 396 g/mol. The highest BCUT2D eigenvalue weighted by molar-refractivity contribution is 7.95. The van der Waals surface area contributed by atoms with E-state index in [-0.39, 0.29) is 17.0 Å². The van der Waals surface area contributed by atoms with E-state index in [1.165, 1.54) is 21.5 Å². The molecular weight excluding hydrogens is 375 g/mol. The summed E-state index contributed by atoms with van der Waals surface area (Å²) in [4.78, 5) is 0. The van der Waals surface area contributed by atoms with Crippen LogP contribution in [0.25, 0.3) is 0 Å². The highest BCUT2D eigenvalue weighted by Gasteiger charge is 2.44.